The number of rotatable bonds is 1. The number of likely N-dealkylation sites (N-methyl/N-ethyl adjacent to an activating group) is 1. The average molecular weight is 205 g/mol. The van der Waals surface area contributed by atoms with Crippen molar-refractivity contribution in [2.75, 3.05) is 14.1 Å². The minimum Gasteiger partial charge on any atom is -0.386 e. The Morgan fingerprint density at radius 3 is 2.14 bits per heavy atom. The van der Waals surface area contributed by atoms with Crippen LogP contribution in [0.25, 0.3) is 0 Å². The molecule has 1 rings (SSSR count). The maximum atomic E-state index is 9.51. The fourth-order valence-corrected chi connectivity index (χ4v) is 1.56. The van der Waals surface area contributed by atoms with Crippen LogP contribution in [0.1, 0.15) is 27.2 Å². The first kappa shape index (κ1) is 13.8. The highest BCUT2D eigenvalue weighted by atomic mass is 16.6. The summed E-state index contributed by atoms with van der Waals surface area (Å²) in [5.41, 5.74) is 0. The molecule has 0 aromatic rings. The summed E-state index contributed by atoms with van der Waals surface area (Å²) in [4.78, 5) is 1.91. The number of aliphatic hydroxyl groups excluding tert-OH is 2. The van der Waals surface area contributed by atoms with E-state index < -0.39 is 12.4 Å². The molecule has 0 bridgehead atoms. The Morgan fingerprint density at radius 1 is 1.21 bits per heavy atom. The molecule has 4 atom stereocenters. The predicted octanol–water partition coefficient (Wildman–Crippen LogP) is 0.431. The number of aliphatic hydroxyl groups is 2. The molecule has 1 fully saturated rings. The molecule has 1 aliphatic rings. The van der Waals surface area contributed by atoms with Crippen LogP contribution in [-0.4, -0.2) is 53.7 Å². The van der Waals surface area contributed by atoms with E-state index in [9.17, 15) is 10.2 Å². The van der Waals surface area contributed by atoms with Crippen molar-refractivity contribution < 1.29 is 14.9 Å². The molecule has 0 radical (unpaired) electrons. The molecule has 2 N–H and O–H groups in total. The number of ether oxygens (including phenoxy) is 1. The summed E-state index contributed by atoms with van der Waals surface area (Å²) in [5, 5.41) is 18.8. The molecule has 0 aliphatic carbocycles. The summed E-state index contributed by atoms with van der Waals surface area (Å²) in [6.45, 7) is 5.89. The van der Waals surface area contributed by atoms with E-state index in [2.05, 4.69) is 0 Å². The molecule has 1 heterocycles. The van der Waals surface area contributed by atoms with Gasteiger partial charge in [-0.25, -0.2) is 0 Å². The standard InChI is InChI=1S/C8H17NO3.C2H6/c1-5-4-6(9(2)3)7(10)8(11)12-5;1-2/h5-8,10-11H,4H2,1-3H3;1-2H3/t5?,6?,7-,8?;/m1./s1. The van der Waals surface area contributed by atoms with Crippen molar-refractivity contribution in [2.24, 2.45) is 0 Å². The SMILES string of the molecule is CC.CC1CC(N(C)C)[C@@H](O)C(O)O1. The zero-order valence-corrected chi connectivity index (χ0v) is 9.77. The summed E-state index contributed by atoms with van der Waals surface area (Å²) in [6.07, 6.45) is -1.07. The lowest BCUT2D eigenvalue weighted by Gasteiger charge is -2.38. The maximum absolute atomic E-state index is 9.51. The minimum absolute atomic E-state index is 0.01000. The van der Waals surface area contributed by atoms with Gasteiger partial charge in [0.1, 0.15) is 6.10 Å². The van der Waals surface area contributed by atoms with Crippen LogP contribution in [0.3, 0.4) is 0 Å². The van der Waals surface area contributed by atoms with E-state index in [0.717, 1.165) is 6.42 Å². The molecular formula is C10H23NO3. The van der Waals surface area contributed by atoms with Gasteiger partial charge in [-0.2, -0.15) is 0 Å². The van der Waals surface area contributed by atoms with Crippen molar-refractivity contribution >= 4 is 0 Å². The molecule has 86 valence electrons. The highest BCUT2D eigenvalue weighted by Crippen LogP contribution is 2.21. The van der Waals surface area contributed by atoms with Crippen molar-refractivity contribution in [3.8, 4) is 0 Å². The Morgan fingerprint density at radius 2 is 1.71 bits per heavy atom. The zero-order valence-electron chi connectivity index (χ0n) is 9.77. The molecule has 0 spiro atoms. The van der Waals surface area contributed by atoms with Crippen LogP contribution in [-0.2, 0) is 4.74 Å². The fraction of sp³-hybridized carbons (Fsp3) is 1.00. The van der Waals surface area contributed by atoms with Crippen LogP contribution in [0.4, 0.5) is 0 Å². The third-order valence-corrected chi connectivity index (χ3v) is 2.29. The van der Waals surface area contributed by atoms with Gasteiger partial charge in [0.15, 0.2) is 6.29 Å². The lowest BCUT2D eigenvalue weighted by atomic mass is 9.99. The van der Waals surface area contributed by atoms with Crippen LogP contribution < -0.4 is 0 Å². The van der Waals surface area contributed by atoms with Crippen molar-refractivity contribution in [3.63, 3.8) is 0 Å². The quantitative estimate of drug-likeness (QED) is 0.652. The van der Waals surface area contributed by atoms with Crippen LogP contribution in [0.15, 0.2) is 0 Å². The third-order valence-electron chi connectivity index (χ3n) is 2.29. The van der Waals surface area contributed by atoms with Crippen LogP contribution in [0.2, 0.25) is 0 Å². The third kappa shape index (κ3) is 3.53. The molecule has 4 nitrogen and oxygen atoms in total. The molecule has 0 amide bonds. The average Bonchev–Trinajstić information content (AvgIpc) is 2.14. The fourth-order valence-electron chi connectivity index (χ4n) is 1.56. The molecule has 0 aromatic carbocycles. The first-order valence-electron chi connectivity index (χ1n) is 5.20. The van der Waals surface area contributed by atoms with Crippen molar-refractivity contribution in [1.82, 2.24) is 4.90 Å². The Kier molecular flexibility index (Phi) is 6.27. The minimum atomic E-state index is -1.04. The van der Waals surface area contributed by atoms with E-state index in [-0.39, 0.29) is 12.1 Å². The predicted molar refractivity (Wildman–Crippen MR) is 56.0 cm³/mol. The monoisotopic (exact) mass is 205 g/mol. The summed E-state index contributed by atoms with van der Waals surface area (Å²) >= 11 is 0. The van der Waals surface area contributed by atoms with Gasteiger partial charge in [-0.1, -0.05) is 13.8 Å². The van der Waals surface area contributed by atoms with Gasteiger partial charge in [0.05, 0.1) is 6.10 Å². The second-order valence-electron chi connectivity index (χ2n) is 3.59. The van der Waals surface area contributed by atoms with E-state index in [0.29, 0.717) is 0 Å². The topological polar surface area (TPSA) is 52.9 Å². The van der Waals surface area contributed by atoms with Crippen LogP contribution in [0, 0.1) is 0 Å². The Bertz CT molecular complexity index is 152. The highest BCUT2D eigenvalue weighted by Gasteiger charge is 2.35. The van der Waals surface area contributed by atoms with E-state index in [4.69, 9.17) is 4.74 Å². The normalized spacial score (nSPS) is 37.7. The van der Waals surface area contributed by atoms with Gasteiger partial charge in [0, 0.05) is 6.04 Å². The van der Waals surface area contributed by atoms with Gasteiger partial charge in [-0.05, 0) is 27.4 Å². The Hall–Kier alpha value is -0.160. The van der Waals surface area contributed by atoms with E-state index in [1.807, 2.05) is 39.8 Å². The number of nitrogens with zero attached hydrogens (tertiary/aromatic N) is 1. The zero-order chi connectivity index (χ0) is 11.3. The second kappa shape index (κ2) is 6.35. The van der Waals surface area contributed by atoms with E-state index >= 15 is 0 Å². The summed E-state index contributed by atoms with van der Waals surface area (Å²) in [6, 6.07) is -0.0104. The molecule has 1 saturated heterocycles. The second-order valence-corrected chi connectivity index (χ2v) is 3.59. The van der Waals surface area contributed by atoms with Gasteiger partial charge >= 0.3 is 0 Å². The highest BCUT2D eigenvalue weighted by molar-refractivity contribution is 4.84. The van der Waals surface area contributed by atoms with Crippen LogP contribution in [0.5, 0.6) is 0 Å². The number of hydrogen-bond donors (Lipinski definition) is 2. The molecule has 1 aliphatic heterocycles. The van der Waals surface area contributed by atoms with E-state index in [1.165, 1.54) is 0 Å². The molecule has 4 heteroatoms. The molecule has 0 saturated carbocycles. The first-order chi connectivity index (χ1) is 6.52. The van der Waals surface area contributed by atoms with Crippen molar-refractivity contribution in [2.45, 2.75) is 51.7 Å². The lowest BCUT2D eigenvalue weighted by molar-refractivity contribution is -0.230. The number of hydrogen-bond acceptors (Lipinski definition) is 4. The lowest BCUT2D eigenvalue weighted by Crippen LogP contribution is -2.53. The smallest absolute Gasteiger partial charge is 0.182 e. The Labute approximate surface area is 86.5 Å². The summed E-state index contributed by atoms with van der Waals surface area (Å²) in [7, 11) is 3.78. The Balaban J connectivity index is 0.000000791. The van der Waals surface area contributed by atoms with Crippen molar-refractivity contribution in [3.05, 3.63) is 0 Å². The molecular weight excluding hydrogens is 182 g/mol. The van der Waals surface area contributed by atoms with Crippen molar-refractivity contribution in [1.29, 1.82) is 0 Å². The molecule has 0 aromatic heterocycles. The summed E-state index contributed by atoms with van der Waals surface area (Å²) < 4.78 is 5.06. The van der Waals surface area contributed by atoms with Crippen LogP contribution >= 0.6 is 0 Å². The molecule has 14 heavy (non-hydrogen) atoms. The van der Waals surface area contributed by atoms with Gasteiger partial charge < -0.3 is 19.8 Å². The van der Waals surface area contributed by atoms with Gasteiger partial charge in [0.2, 0.25) is 0 Å². The van der Waals surface area contributed by atoms with Gasteiger partial charge in [0.25, 0.3) is 0 Å². The molecule has 3 unspecified atom stereocenters. The maximum Gasteiger partial charge on any atom is 0.182 e. The summed E-state index contributed by atoms with van der Waals surface area (Å²) in [5.74, 6) is 0. The largest absolute Gasteiger partial charge is 0.386 e. The van der Waals surface area contributed by atoms with Gasteiger partial charge in [-0.15, -0.1) is 0 Å². The van der Waals surface area contributed by atoms with Gasteiger partial charge in [-0.3, -0.25) is 0 Å². The van der Waals surface area contributed by atoms with E-state index in [1.54, 1.807) is 0 Å². The first-order valence-corrected chi connectivity index (χ1v) is 5.20.